The number of aromatic carboxylic acids is 1. The summed E-state index contributed by atoms with van der Waals surface area (Å²) in [5.41, 5.74) is 2.14. The van der Waals surface area contributed by atoms with Gasteiger partial charge < -0.3 is 14.9 Å². The van der Waals surface area contributed by atoms with Crippen molar-refractivity contribution in [3.63, 3.8) is 0 Å². The molecule has 2 heterocycles. The molecule has 0 saturated heterocycles. The van der Waals surface area contributed by atoms with Crippen molar-refractivity contribution in [2.24, 2.45) is 0 Å². The van der Waals surface area contributed by atoms with Crippen LogP contribution >= 0.6 is 0 Å². The highest BCUT2D eigenvalue weighted by Gasteiger charge is 2.11. The van der Waals surface area contributed by atoms with Crippen LogP contribution in [0.2, 0.25) is 0 Å². The minimum Gasteiger partial charge on any atom is -0.477 e. The van der Waals surface area contributed by atoms with Crippen molar-refractivity contribution >= 4 is 22.6 Å². The van der Waals surface area contributed by atoms with E-state index in [0.717, 1.165) is 11.1 Å². The predicted molar refractivity (Wildman–Crippen MR) is 77.3 cm³/mol. The first-order chi connectivity index (χ1) is 10.1. The third kappa shape index (κ3) is 2.69. The summed E-state index contributed by atoms with van der Waals surface area (Å²) in [6.07, 6.45) is 0. The van der Waals surface area contributed by atoms with Crippen LogP contribution < -0.4 is 5.32 Å². The summed E-state index contributed by atoms with van der Waals surface area (Å²) in [5.74, 6) is -0.371. The van der Waals surface area contributed by atoms with Crippen LogP contribution in [0, 0.1) is 6.92 Å². The quantitative estimate of drug-likeness (QED) is 0.765. The smallest absolute Gasteiger partial charge is 0.354 e. The van der Waals surface area contributed by atoms with E-state index in [2.05, 4.69) is 15.5 Å². The van der Waals surface area contributed by atoms with Crippen LogP contribution in [0.1, 0.15) is 21.9 Å². The number of hydrogen-bond acceptors (Lipinski definition) is 5. The molecule has 3 rings (SSSR count). The number of aryl methyl sites for hydroxylation is 1. The SMILES string of the molecule is Cc1cc(CNc2cc(C(=O)O)nc3ccccc23)on1. The van der Waals surface area contributed by atoms with Crippen molar-refractivity contribution in [3.05, 3.63) is 53.5 Å². The molecule has 2 N–H and O–H groups in total. The molecule has 0 spiro atoms. The molecule has 106 valence electrons. The van der Waals surface area contributed by atoms with Gasteiger partial charge >= 0.3 is 5.97 Å². The molecule has 0 atom stereocenters. The van der Waals surface area contributed by atoms with Crippen molar-refractivity contribution < 1.29 is 14.4 Å². The summed E-state index contributed by atoms with van der Waals surface area (Å²) in [5, 5.41) is 17.0. The molecule has 6 heteroatoms. The zero-order valence-electron chi connectivity index (χ0n) is 11.3. The Morgan fingerprint density at radius 3 is 2.86 bits per heavy atom. The number of para-hydroxylation sites is 1. The summed E-state index contributed by atoms with van der Waals surface area (Å²) >= 11 is 0. The van der Waals surface area contributed by atoms with Crippen LogP contribution in [-0.4, -0.2) is 21.2 Å². The van der Waals surface area contributed by atoms with E-state index in [0.29, 0.717) is 23.5 Å². The van der Waals surface area contributed by atoms with Gasteiger partial charge in [-0.05, 0) is 19.1 Å². The Bertz CT molecular complexity index is 811. The van der Waals surface area contributed by atoms with Gasteiger partial charge in [-0.1, -0.05) is 23.4 Å². The number of fused-ring (bicyclic) bond motifs is 1. The molecular formula is C15H13N3O3. The van der Waals surface area contributed by atoms with Crippen molar-refractivity contribution in [1.82, 2.24) is 10.1 Å². The highest BCUT2D eigenvalue weighted by Crippen LogP contribution is 2.23. The lowest BCUT2D eigenvalue weighted by atomic mass is 10.1. The topological polar surface area (TPSA) is 88.2 Å². The molecule has 0 unspecified atom stereocenters. The Hall–Kier alpha value is -2.89. The molecule has 1 aromatic carbocycles. The molecule has 0 fully saturated rings. The number of hydrogen-bond donors (Lipinski definition) is 2. The lowest BCUT2D eigenvalue weighted by Crippen LogP contribution is -2.05. The summed E-state index contributed by atoms with van der Waals surface area (Å²) in [6.45, 7) is 2.27. The zero-order chi connectivity index (χ0) is 14.8. The second kappa shape index (κ2) is 5.24. The summed E-state index contributed by atoms with van der Waals surface area (Å²) in [7, 11) is 0. The lowest BCUT2D eigenvalue weighted by Gasteiger charge is -2.09. The molecular weight excluding hydrogens is 270 g/mol. The zero-order valence-corrected chi connectivity index (χ0v) is 11.3. The van der Waals surface area contributed by atoms with E-state index in [1.807, 2.05) is 31.2 Å². The number of pyridine rings is 1. The van der Waals surface area contributed by atoms with Crippen molar-refractivity contribution in [3.8, 4) is 0 Å². The maximum Gasteiger partial charge on any atom is 0.354 e. The summed E-state index contributed by atoms with van der Waals surface area (Å²) in [4.78, 5) is 15.3. The molecule has 0 bridgehead atoms. The fourth-order valence-corrected chi connectivity index (χ4v) is 2.11. The standard InChI is InChI=1S/C15H13N3O3/c1-9-6-10(21-18-9)8-16-13-7-14(15(19)20)17-12-5-3-2-4-11(12)13/h2-7H,8H2,1H3,(H,16,17)(H,19,20). The molecule has 0 aliphatic rings. The predicted octanol–water partition coefficient (Wildman–Crippen LogP) is 2.84. The molecule has 21 heavy (non-hydrogen) atoms. The Morgan fingerprint density at radius 2 is 2.14 bits per heavy atom. The van der Waals surface area contributed by atoms with Gasteiger partial charge in [0.25, 0.3) is 0 Å². The Kier molecular flexibility index (Phi) is 3.27. The van der Waals surface area contributed by atoms with E-state index in [9.17, 15) is 4.79 Å². The fourth-order valence-electron chi connectivity index (χ4n) is 2.11. The monoisotopic (exact) mass is 283 g/mol. The minimum atomic E-state index is -1.06. The average Bonchev–Trinajstić information content (AvgIpc) is 2.90. The summed E-state index contributed by atoms with van der Waals surface area (Å²) in [6, 6.07) is 10.7. The van der Waals surface area contributed by atoms with Crippen LogP contribution in [0.4, 0.5) is 5.69 Å². The van der Waals surface area contributed by atoms with Crippen LogP contribution in [0.3, 0.4) is 0 Å². The molecule has 0 saturated carbocycles. The number of carbonyl (C=O) groups is 1. The van der Waals surface area contributed by atoms with Crippen LogP contribution in [0.15, 0.2) is 40.9 Å². The number of carboxylic acids is 1. The molecule has 0 aliphatic carbocycles. The van der Waals surface area contributed by atoms with E-state index in [1.54, 1.807) is 6.07 Å². The van der Waals surface area contributed by atoms with Gasteiger partial charge in [-0.15, -0.1) is 0 Å². The average molecular weight is 283 g/mol. The normalized spacial score (nSPS) is 10.7. The fraction of sp³-hybridized carbons (Fsp3) is 0.133. The molecule has 0 radical (unpaired) electrons. The van der Waals surface area contributed by atoms with E-state index >= 15 is 0 Å². The van der Waals surface area contributed by atoms with Gasteiger partial charge in [-0.2, -0.15) is 0 Å². The number of carboxylic acid groups (broad SMARTS) is 1. The van der Waals surface area contributed by atoms with Gasteiger partial charge in [-0.25, -0.2) is 9.78 Å². The Morgan fingerprint density at radius 1 is 1.33 bits per heavy atom. The maximum absolute atomic E-state index is 11.2. The van der Waals surface area contributed by atoms with Gasteiger partial charge in [0.15, 0.2) is 11.5 Å². The first kappa shape index (κ1) is 13.1. The van der Waals surface area contributed by atoms with Crippen molar-refractivity contribution in [2.75, 3.05) is 5.32 Å². The van der Waals surface area contributed by atoms with Gasteiger partial charge in [-0.3, -0.25) is 0 Å². The van der Waals surface area contributed by atoms with Gasteiger partial charge in [0.05, 0.1) is 17.8 Å². The number of rotatable bonds is 4. The molecule has 0 amide bonds. The van der Waals surface area contributed by atoms with E-state index in [-0.39, 0.29) is 5.69 Å². The van der Waals surface area contributed by atoms with Gasteiger partial charge in [0.2, 0.25) is 0 Å². The number of benzene rings is 1. The third-order valence-electron chi connectivity index (χ3n) is 3.07. The van der Waals surface area contributed by atoms with Crippen LogP contribution in [-0.2, 0) is 6.54 Å². The lowest BCUT2D eigenvalue weighted by molar-refractivity contribution is 0.0691. The minimum absolute atomic E-state index is 0.00458. The second-order valence-electron chi connectivity index (χ2n) is 4.67. The maximum atomic E-state index is 11.2. The number of anilines is 1. The van der Waals surface area contributed by atoms with Crippen molar-refractivity contribution in [1.29, 1.82) is 0 Å². The first-order valence-corrected chi connectivity index (χ1v) is 6.42. The van der Waals surface area contributed by atoms with E-state index in [4.69, 9.17) is 9.63 Å². The van der Waals surface area contributed by atoms with Gasteiger partial charge in [0, 0.05) is 17.1 Å². The number of aromatic nitrogens is 2. The summed E-state index contributed by atoms with van der Waals surface area (Å²) < 4.78 is 5.13. The first-order valence-electron chi connectivity index (χ1n) is 6.42. The van der Waals surface area contributed by atoms with Crippen LogP contribution in [0.25, 0.3) is 10.9 Å². The second-order valence-corrected chi connectivity index (χ2v) is 4.67. The van der Waals surface area contributed by atoms with E-state index < -0.39 is 5.97 Å². The van der Waals surface area contributed by atoms with E-state index in [1.165, 1.54) is 6.07 Å². The largest absolute Gasteiger partial charge is 0.477 e. The van der Waals surface area contributed by atoms with Gasteiger partial charge in [0.1, 0.15) is 0 Å². The Labute approximate surface area is 120 Å². The molecule has 0 aliphatic heterocycles. The highest BCUT2D eigenvalue weighted by molar-refractivity contribution is 5.97. The molecule has 6 nitrogen and oxygen atoms in total. The highest BCUT2D eigenvalue weighted by atomic mass is 16.5. The number of nitrogens with zero attached hydrogens (tertiary/aromatic N) is 2. The Balaban J connectivity index is 1.97. The van der Waals surface area contributed by atoms with Crippen molar-refractivity contribution in [2.45, 2.75) is 13.5 Å². The molecule has 3 aromatic rings. The van der Waals surface area contributed by atoms with Crippen LogP contribution in [0.5, 0.6) is 0 Å². The molecule has 2 aromatic heterocycles. The number of nitrogens with one attached hydrogen (secondary N) is 1. The third-order valence-corrected chi connectivity index (χ3v) is 3.07.